The number of nitrogens with zero attached hydrogens (tertiary/aromatic N) is 1. The van der Waals surface area contributed by atoms with Gasteiger partial charge < -0.3 is 10.6 Å². The maximum Gasteiger partial charge on any atom is 0.0366 e. The molecule has 0 aliphatic heterocycles. The molecular weight excluding hydrogens is 220 g/mol. The zero-order valence-electron chi connectivity index (χ0n) is 12.7. The second-order valence-electron chi connectivity index (χ2n) is 6.46. The minimum Gasteiger partial charge on any atom is -0.371 e. The molecule has 0 heterocycles. The van der Waals surface area contributed by atoms with Crippen molar-refractivity contribution in [1.82, 2.24) is 0 Å². The number of anilines is 1. The fourth-order valence-electron chi connectivity index (χ4n) is 1.82. The quantitative estimate of drug-likeness (QED) is 0.863. The lowest BCUT2D eigenvalue weighted by Gasteiger charge is -2.42. The van der Waals surface area contributed by atoms with E-state index in [9.17, 15) is 0 Å². The van der Waals surface area contributed by atoms with Gasteiger partial charge in [0.15, 0.2) is 0 Å². The number of hydrogen-bond acceptors (Lipinski definition) is 2. The van der Waals surface area contributed by atoms with Crippen molar-refractivity contribution in [3.8, 4) is 0 Å². The Morgan fingerprint density at radius 1 is 1.06 bits per heavy atom. The third-order valence-electron chi connectivity index (χ3n) is 4.11. The van der Waals surface area contributed by atoms with E-state index in [4.69, 9.17) is 5.73 Å². The van der Waals surface area contributed by atoms with Crippen molar-refractivity contribution < 1.29 is 0 Å². The van der Waals surface area contributed by atoms with Crippen LogP contribution in [0.15, 0.2) is 24.3 Å². The van der Waals surface area contributed by atoms with Crippen molar-refractivity contribution in [2.45, 2.75) is 47.1 Å². The van der Waals surface area contributed by atoms with E-state index < -0.39 is 0 Å². The van der Waals surface area contributed by atoms with Gasteiger partial charge in [0.2, 0.25) is 0 Å². The van der Waals surface area contributed by atoms with Crippen LogP contribution in [-0.2, 0) is 0 Å². The number of benzene rings is 1. The van der Waals surface area contributed by atoms with Gasteiger partial charge in [0.25, 0.3) is 0 Å². The molecule has 2 nitrogen and oxygen atoms in total. The van der Waals surface area contributed by atoms with Crippen molar-refractivity contribution in [3.63, 3.8) is 0 Å². The molecule has 0 atom stereocenters. The number of aryl methyl sites for hydroxylation is 1. The van der Waals surface area contributed by atoms with Crippen LogP contribution >= 0.6 is 0 Å². The van der Waals surface area contributed by atoms with Gasteiger partial charge in [-0.25, -0.2) is 0 Å². The summed E-state index contributed by atoms with van der Waals surface area (Å²) in [4.78, 5) is 2.40. The molecule has 0 saturated carbocycles. The molecule has 1 aromatic carbocycles. The first-order valence-electron chi connectivity index (χ1n) is 6.78. The van der Waals surface area contributed by atoms with Gasteiger partial charge in [-0.3, -0.25) is 0 Å². The highest BCUT2D eigenvalue weighted by molar-refractivity contribution is 5.47. The van der Waals surface area contributed by atoms with Gasteiger partial charge in [-0.2, -0.15) is 0 Å². The molecule has 2 N–H and O–H groups in total. The molecule has 0 amide bonds. The molecule has 0 aliphatic rings. The van der Waals surface area contributed by atoms with Crippen LogP contribution in [0.2, 0.25) is 0 Å². The number of nitrogens with two attached hydrogens (primary N) is 1. The molecule has 2 heteroatoms. The van der Waals surface area contributed by atoms with Gasteiger partial charge in [-0.15, -0.1) is 0 Å². The lowest BCUT2D eigenvalue weighted by atomic mass is 9.75. The smallest absolute Gasteiger partial charge is 0.0366 e. The van der Waals surface area contributed by atoms with E-state index in [0.717, 1.165) is 13.1 Å². The monoisotopic (exact) mass is 248 g/mol. The van der Waals surface area contributed by atoms with E-state index in [0.29, 0.717) is 0 Å². The fourth-order valence-corrected chi connectivity index (χ4v) is 1.82. The molecule has 0 aliphatic carbocycles. The summed E-state index contributed by atoms with van der Waals surface area (Å²) in [6.07, 6.45) is 0. The molecule has 0 aromatic heterocycles. The van der Waals surface area contributed by atoms with E-state index in [1.54, 1.807) is 0 Å². The minimum atomic E-state index is -0.189. The van der Waals surface area contributed by atoms with Crippen LogP contribution in [0, 0.1) is 12.3 Å². The lowest BCUT2D eigenvalue weighted by Crippen LogP contribution is -2.53. The fraction of sp³-hybridized carbons (Fsp3) is 0.625. The van der Waals surface area contributed by atoms with Crippen LogP contribution < -0.4 is 10.6 Å². The SMILES string of the molecule is CCN(CC(C)(C)C(C)(C)N)c1ccc(C)cc1. The molecule has 18 heavy (non-hydrogen) atoms. The zero-order chi connectivity index (χ0) is 14.0. The number of rotatable bonds is 5. The van der Waals surface area contributed by atoms with Crippen molar-refractivity contribution in [3.05, 3.63) is 29.8 Å². The number of hydrogen-bond donors (Lipinski definition) is 1. The van der Waals surface area contributed by atoms with E-state index >= 15 is 0 Å². The lowest BCUT2D eigenvalue weighted by molar-refractivity contribution is 0.208. The summed E-state index contributed by atoms with van der Waals surface area (Å²) in [5.74, 6) is 0. The highest BCUT2D eigenvalue weighted by atomic mass is 15.1. The maximum absolute atomic E-state index is 6.29. The minimum absolute atomic E-state index is 0.0634. The maximum atomic E-state index is 6.29. The molecule has 0 radical (unpaired) electrons. The Kier molecular flexibility index (Phi) is 4.44. The van der Waals surface area contributed by atoms with Gasteiger partial charge in [0, 0.05) is 24.3 Å². The van der Waals surface area contributed by atoms with Crippen molar-refractivity contribution in [2.75, 3.05) is 18.0 Å². The third kappa shape index (κ3) is 3.49. The van der Waals surface area contributed by atoms with Gasteiger partial charge in [-0.05, 0) is 45.2 Å². The standard InChI is InChI=1S/C16H28N2/c1-7-18(12-15(3,4)16(5,6)17)14-10-8-13(2)9-11-14/h8-11H,7,12,17H2,1-6H3. The Labute approximate surface area is 112 Å². The summed E-state index contributed by atoms with van der Waals surface area (Å²) in [7, 11) is 0. The normalized spacial score (nSPS) is 12.6. The van der Waals surface area contributed by atoms with Gasteiger partial charge in [0.1, 0.15) is 0 Å². The Balaban J connectivity index is 2.89. The van der Waals surface area contributed by atoms with Crippen molar-refractivity contribution in [2.24, 2.45) is 11.1 Å². The largest absolute Gasteiger partial charge is 0.371 e. The van der Waals surface area contributed by atoms with E-state index in [2.05, 4.69) is 70.7 Å². The summed E-state index contributed by atoms with van der Waals surface area (Å²) in [5.41, 5.74) is 8.74. The second kappa shape index (κ2) is 5.31. The predicted molar refractivity (Wildman–Crippen MR) is 81.1 cm³/mol. The van der Waals surface area contributed by atoms with E-state index in [1.807, 2.05) is 0 Å². The average Bonchev–Trinajstić information content (AvgIpc) is 2.25. The summed E-state index contributed by atoms with van der Waals surface area (Å²) in [6.45, 7) is 15.0. The molecule has 0 fully saturated rings. The summed E-state index contributed by atoms with van der Waals surface area (Å²) in [6, 6.07) is 8.72. The Morgan fingerprint density at radius 2 is 1.56 bits per heavy atom. The molecule has 1 aromatic rings. The summed E-state index contributed by atoms with van der Waals surface area (Å²) < 4.78 is 0. The first-order chi connectivity index (χ1) is 8.17. The molecule has 1 rings (SSSR count). The zero-order valence-corrected chi connectivity index (χ0v) is 12.7. The van der Waals surface area contributed by atoms with Gasteiger partial charge in [0.05, 0.1) is 0 Å². The Morgan fingerprint density at radius 3 is 1.94 bits per heavy atom. The summed E-state index contributed by atoms with van der Waals surface area (Å²) >= 11 is 0. The average molecular weight is 248 g/mol. The van der Waals surface area contributed by atoms with Crippen molar-refractivity contribution >= 4 is 5.69 Å². The summed E-state index contributed by atoms with van der Waals surface area (Å²) in [5, 5.41) is 0. The topological polar surface area (TPSA) is 29.3 Å². The molecule has 102 valence electrons. The second-order valence-corrected chi connectivity index (χ2v) is 6.46. The van der Waals surface area contributed by atoms with Crippen LogP contribution in [0.4, 0.5) is 5.69 Å². The predicted octanol–water partition coefficient (Wildman–Crippen LogP) is 3.58. The van der Waals surface area contributed by atoms with Crippen LogP contribution in [0.25, 0.3) is 0 Å². The highest BCUT2D eigenvalue weighted by Gasteiger charge is 2.34. The Bertz CT molecular complexity index is 371. The van der Waals surface area contributed by atoms with Crippen LogP contribution in [0.1, 0.15) is 40.2 Å². The molecule has 0 saturated heterocycles. The van der Waals surface area contributed by atoms with E-state index in [1.165, 1.54) is 11.3 Å². The molecule has 0 bridgehead atoms. The molecular formula is C16H28N2. The van der Waals surface area contributed by atoms with Crippen LogP contribution in [0.3, 0.4) is 0 Å². The first-order valence-corrected chi connectivity index (χ1v) is 6.78. The van der Waals surface area contributed by atoms with Gasteiger partial charge in [-0.1, -0.05) is 31.5 Å². The van der Waals surface area contributed by atoms with E-state index in [-0.39, 0.29) is 11.0 Å². The Hall–Kier alpha value is -1.02. The van der Waals surface area contributed by atoms with Crippen LogP contribution in [-0.4, -0.2) is 18.6 Å². The van der Waals surface area contributed by atoms with Crippen LogP contribution in [0.5, 0.6) is 0 Å². The molecule has 0 spiro atoms. The van der Waals surface area contributed by atoms with Gasteiger partial charge >= 0.3 is 0 Å². The molecule has 0 unspecified atom stereocenters. The first kappa shape index (κ1) is 15.0. The highest BCUT2D eigenvalue weighted by Crippen LogP contribution is 2.31. The van der Waals surface area contributed by atoms with Crippen molar-refractivity contribution in [1.29, 1.82) is 0 Å². The third-order valence-corrected chi connectivity index (χ3v) is 4.11.